The van der Waals surface area contributed by atoms with Gasteiger partial charge in [0.2, 0.25) is 0 Å². The highest BCUT2D eigenvalue weighted by atomic mass is 35.5. The van der Waals surface area contributed by atoms with Crippen molar-refractivity contribution in [3.63, 3.8) is 0 Å². The van der Waals surface area contributed by atoms with Crippen molar-refractivity contribution in [1.82, 2.24) is 5.32 Å². The highest BCUT2D eigenvalue weighted by molar-refractivity contribution is 6.31. The van der Waals surface area contributed by atoms with Gasteiger partial charge in [0.05, 0.1) is 5.02 Å². The first-order valence-electron chi connectivity index (χ1n) is 8.67. The van der Waals surface area contributed by atoms with E-state index in [2.05, 4.69) is 24.4 Å². The second-order valence-corrected chi connectivity index (χ2v) is 7.10. The van der Waals surface area contributed by atoms with Crippen LogP contribution in [0.15, 0.2) is 66.7 Å². The summed E-state index contributed by atoms with van der Waals surface area (Å²) in [6, 6.07) is 20.3. The monoisotopic (exact) mass is 403 g/mol. The normalized spacial score (nSPS) is 12.0. The van der Waals surface area contributed by atoms with Crippen LogP contribution in [0, 0.1) is 5.82 Å². The van der Waals surface area contributed by atoms with Gasteiger partial charge < -0.3 is 10.1 Å². The third kappa shape index (κ3) is 5.23. The topological polar surface area (TPSA) is 21.3 Å². The molecule has 5 heteroatoms. The fourth-order valence-electron chi connectivity index (χ4n) is 2.77. The smallest absolute Gasteiger partial charge is 0.131 e. The molecule has 2 nitrogen and oxygen atoms in total. The van der Waals surface area contributed by atoms with Crippen LogP contribution in [0.5, 0.6) is 5.75 Å². The first-order valence-corrected chi connectivity index (χ1v) is 9.42. The molecule has 3 aromatic rings. The van der Waals surface area contributed by atoms with Crippen LogP contribution in [0.3, 0.4) is 0 Å². The third-order valence-electron chi connectivity index (χ3n) is 4.35. The molecule has 27 heavy (non-hydrogen) atoms. The Hall–Kier alpha value is -2.07. The molecular formula is C22H20Cl2FNO. The van der Waals surface area contributed by atoms with Crippen LogP contribution in [-0.2, 0) is 13.2 Å². The molecule has 0 saturated carbocycles. The zero-order valence-corrected chi connectivity index (χ0v) is 16.4. The number of hydrogen-bond acceptors (Lipinski definition) is 2. The molecule has 1 atom stereocenters. The van der Waals surface area contributed by atoms with Gasteiger partial charge in [0.15, 0.2) is 0 Å². The van der Waals surface area contributed by atoms with E-state index in [4.69, 9.17) is 27.9 Å². The van der Waals surface area contributed by atoms with Crippen molar-refractivity contribution in [3.05, 3.63) is 99.3 Å². The first-order chi connectivity index (χ1) is 13.0. The summed E-state index contributed by atoms with van der Waals surface area (Å²) in [6.07, 6.45) is 0. The number of halogens is 3. The molecule has 3 aromatic carbocycles. The SMILES string of the molecule is C[C@H](NCc1cc(Cl)ccc1OCc1c(F)cccc1Cl)c1ccccc1. The molecule has 0 saturated heterocycles. The minimum absolute atomic E-state index is 0.0500. The molecule has 0 radical (unpaired) electrons. The standard InChI is InChI=1S/C22H20Cl2FNO/c1-15(16-6-3-2-4-7-16)26-13-17-12-18(23)10-11-22(17)27-14-19-20(24)8-5-9-21(19)25/h2-12,15,26H,13-14H2,1H3/t15-/m0/s1. The van der Waals surface area contributed by atoms with Crippen molar-refractivity contribution in [2.75, 3.05) is 0 Å². The van der Waals surface area contributed by atoms with Crippen molar-refractivity contribution in [3.8, 4) is 5.75 Å². The van der Waals surface area contributed by atoms with Crippen LogP contribution in [0.25, 0.3) is 0 Å². The van der Waals surface area contributed by atoms with Gasteiger partial charge in [0.25, 0.3) is 0 Å². The minimum atomic E-state index is -0.381. The van der Waals surface area contributed by atoms with Crippen LogP contribution in [0.2, 0.25) is 10.0 Å². The quantitative estimate of drug-likeness (QED) is 0.481. The van der Waals surface area contributed by atoms with E-state index in [9.17, 15) is 4.39 Å². The van der Waals surface area contributed by atoms with E-state index in [0.29, 0.717) is 27.9 Å². The van der Waals surface area contributed by atoms with Gasteiger partial charge in [-0.1, -0.05) is 59.6 Å². The fourth-order valence-corrected chi connectivity index (χ4v) is 3.18. The van der Waals surface area contributed by atoms with Gasteiger partial charge in [-0.15, -0.1) is 0 Å². The minimum Gasteiger partial charge on any atom is -0.488 e. The molecule has 0 aliphatic carbocycles. The average molecular weight is 404 g/mol. The second-order valence-electron chi connectivity index (χ2n) is 6.25. The van der Waals surface area contributed by atoms with Gasteiger partial charge in [0, 0.05) is 28.7 Å². The van der Waals surface area contributed by atoms with E-state index in [0.717, 1.165) is 5.56 Å². The van der Waals surface area contributed by atoms with Gasteiger partial charge in [0.1, 0.15) is 18.2 Å². The van der Waals surface area contributed by atoms with Gasteiger partial charge in [-0.05, 0) is 42.8 Å². The summed E-state index contributed by atoms with van der Waals surface area (Å²) in [4.78, 5) is 0. The molecule has 1 N–H and O–H groups in total. The second kappa shape index (κ2) is 9.23. The molecular weight excluding hydrogens is 384 g/mol. The maximum Gasteiger partial charge on any atom is 0.131 e. The Morgan fingerprint density at radius 2 is 1.78 bits per heavy atom. The number of nitrogens with one attached hydrogen (secondary N) is 1. The van der Waals surface area contributed by atoms with Crippen LogP contribution < -0.4 is 10.1 Å². The molecule has 0 amide bonds. The van der Waals surface area contributed by atoms with Crippen LogP contribution in [-0.4, -0.2) is 0 Å². The summed E-state index contributed by atoms with van der Waals surface area (Å²) in [5.41, 5.74) is 2.43. The van der Waals surface area contributed by atoms with E-state index in [1.807, 2.05) is 24.3 Å². The molecule has 0 bridgehead atoms. The number of hydrogen-bond donors (Lipinski definition) is 1. The maximum atomic E-state index is 14.0. The summed E-state index contributed by atoms with van der Waals surface area (Å²) < 4.78 is 19.8. The average Bonchev–Trinajstić information content (AvgIpc) is 2.67. The molecule has 3 rings (SSSR count). The van der Waals surface area contributed by atoms with Crippen LogP contribution in [0.1, 0.15) is 29.7 Å². The van der Waals surface area contributed by atoms with E-state index >= 15 is 0 Å². The van der Waals surface area contributed by atoms with Gasteiger partial charge in [-0.2, -0.15) is 0 Å². The summed E-state index contributed by atoms with van der Waals surface area (Å²) >= 11 is 12.2. The summed E-state index contributed by atoms with van der Waals surface area (Å²) in [5.74, 6) is 0.264. The molecule has 0 aliphatic rings. The predicted octanol–water partition coefficient (Wildman–Crippen LogP) is 6.56. The largest absolute Gasteiger partial charge is 0.488 e. The van der Waals surface area contributed by atoms with Gasteiger partial charge in [-0.3, -0.25) is 0 Å². The van der Waals surface area contributed by atoms with Crippen molar-refractivity contribution in [2.45, 2.75) is 26.1 Å². The predicted molar refractivity (Wildman–Crippen MR) is 109 cm³/mol. The molecule has 0 spiro atoms. The Balaban J connectivity index is 1.71. The summed E-state index contributed by atoms with van der Waals surface area (Å²) in [7, 11) is 0. The Kier molecular flexibility index (Phi) is 6.73. The van der Waals surface area contributed by atoms with Crippen molar-refractivity contribution >= 4 is 23.2 Å². The molecule has 0 unspecified atom stereocenters. The van der Waals surface area contributed by atoms with Crippen molar-refractivity contribution in [1.29, 1.82) is 0 Å². The van der Waals surface area contributed by atoms with Gasteiger partial charge in [-0.25, -0.2) is 4.39 Å². The highest BCUT2D eigenvalue weighted by Gasteiger charge is 2.12. The fraction of sp³-hybridized carbons (Fsp3) is 0.182. The summed E-state index contributed by atoms with van der Waals surface area (Å²) in [6.45, 7) is 2.71. The van der Waals surface area contributed by atoms with E-state index in [-0.39, 0.29) is 18.5 Å². The highest BCUT2D eigenvalue weighted by Crippen LogP contribution is 2.27. The lowest BCUT2D eigenvalue weighted by molar-refractivity contribution is 0.295. The number of ether oxygens (including phenoxy) is 1. The Morgan fingerprint density at radius 1 is 1.00 bits per heavy atom. The molecule has 0 aliphatic heterocycles. The lowest BCUT2D eigenvalue weighted by Gasteiger charge is -2.17. The molecule has 0 aromatic heterocycles. The Bertz CT molecular complexity index is 882. The van der Waals surface area contributed by atoms with Crippen LogP contribution in [0.4, 0.5) is 4.39 Å². The zero-order chi connectivity index (χ0) is 19.2. The third-order valence-corrected chi connectivity index (χ3v) is 4.94. The van der Waals surface area contributed by atoms with E-state index < -0.39 is 0 Å². The lowest BCUT2D eigenvalue weighted by Crippen LogP contribution is -2.18. The molecule has 0 fully saturated rings. The zero-order valence-electron chi connectivity index (χ0n) is 14.9. The number of rotatable bonds is 7. The lowest BCUT2D eigenvalue weighted by atomic mass is 10.1. The number of benzene rings is 3. The molecule has 0 heterocycles. The van der Waals surface area contributed by atoms with Crippen molar-refractivity contribution in [2.24, 2.45) is 0 Å². The Morgan fingerprint density at radius 3 is 2.52 bits per heavy atom. The maximum absolute atomic E-state index is 14.0. The van der Waals surface area contributed by atoms with E-state index in [1.165, 1.54) is 11.6 Å². The molecule has 140 valence electrons. The van der Waals surface area contributed by atoms with Crippen LogP contribution >= 0.6 is 23.2 Å². The van der Waals surface area contributed by atoms with E-state index in [1.54, 1.807) is 24.3 Å². The van der Waals surface area contributed by atoms with Gasteiger partial charge >= 0.3 is 0 Å². The Labute approximate surface area is 168 Å². The van der Waals surface area contributed by atoms with Crippen molar-refractivity contribution < 1.29 is 9.13 Å². The first kappa shape index (κ1) is 19.7. The summed E-state index contributed by atoms with van der Waals surface area (Å²) in [5, 5.41) is 4.43.